The molecule has 0 spiro atoms. The van der Waals surface area contributed by atoms with Gasteiger partial charge < -0.3 is 15.0 Å². The smallest absolute Gasteiger partial charge is 0.0596 e. The van der Waals surface area contributed by atoms with E-state index in [2.05, 4.69) is 45.0 Å². The van der Waals surface area contributed by atoms with E-state index in [1.165, 1.54) is 0 Å². The fourth-order valence-electron chi connectivity index (χ4n) is 1.16. The molecule has 0 aromatic heterocycles. The van der Waals surface area contributed by atoms with E-state index in [0.29, 0.717) is 12.1 Å². The van der Waals surface area contributed by atoms with Gasteiger partial charge in [-0.2, -0.15) is 0 Å². The third-order valence-electron chi connectivity index (χ3n) is 2.34. The van der Waals surface area contributed by atoms with E-state index in [-0.39, 0.29) is 0 Å². The van der Waals surface area contributed by atoms with Crippen molar-refractivity contribution in [3.63, 3.8) is 0 Å². The van der Waals surface area contributed by atoms with Crippen LogP contribution in [0.1, 0.15) is 27.7 Å². The average Bonchev–Trinajstić information content (AvgIpc) is 2.13. The average molecular weight is 202 g/mol. The van der Waals surface area contributed by atoms with Gasteiger partial charge in [-0.25, -0.2) is 0 Å². The lowest BCUT2D eigenvalue weighted by Gasteiger charge is -2.25. The summed E-state index contributed by atoms with van der Waals surface area (Å²) < 4.78 is 5.51. The first-order valence-corrected chi connectivity index (χ1v) is 5.60. The van der Waals surface area contributed by atoms with Crippen LogP contribution in [0.2, 0.25) is 0 Å². The molecule has 3 nitrogen and oxygen atoms in total. The number of ether oxygens (including phenoxy) is 1. The van der Waals surface area contributed by atoms with Gasteiger partial charge in [0.05, 0.1) is 12.7 Å². The summed E-state index contributed by atoms with van der Waals surface area (Å²) in [5.41, 5.74) is 0. The predicted octanol–water partition coefficient (Wildman–Crippen LogP) is 1.34. The van der Waals surface area contributed by atoms with E-state index >= 15 is 0 Å². The summed E-state index contributed by atoms with van der Waals surface area (Å²) in [5, 5.41) is 3.35. The molecule has 0 amide bonds. The van der Waals surface area contributed by atoms with Crippen LogP contribution < -0.4 is 5.32 Å². The first-order valence-electron chi connectivity index (χ1n) is 5.60. The molecule has 0 saturated carbocycles. The van der Waals surface area contributed by atoms with Gasteiger partial charge in [-0.3, -0.25) is 0 Å². The summed E-state index contributed by atoms with van der Waals surface area (Å²) in [7, 11) is 2.14. The summed E-state index contributed by atoms with van der Waals surface area (Å²) >= 11 is 0. The van der Waals surface area contributed by atoms with Crippen molar-refractivity contribution in [3.8, 4) is 0 Å². The Morgan fingerprint density at radius 2 is 1.93 bits per heavy atom. The third kappa shape index (κ3) is 7.30. The van der Waals surface area contributed by atoms with E-state index < -0.39 is 0 Å². The number of nitrogens with one attached hydrogen (secondary N) is 1. The van der Waals surface area contributed by atoms with Crippen LogP contribution in [0.25, 0.3) is 0 Å². The number of likely N-dealkylation sites (N-methyl/N-ethyl adjacent to an activating group) is 2. The number of rotatable bonds is 8. The number of hydrogen-bond donors (Lipinski definition) is 1. The van der Waals surface area contributed by atoms with Crippen molar-refractivity contribution < 1.29 is 4.74 Å². The highest BCUT2D eigenvalue weighted by atomic mass is 16.5. The SMILES string of the molecule is CCNCC(C)N(C)CCOC(C)C. The quantitative estimate of drug-likeness (QED) is 0.643. The molecule has 1 N–H and O–H groups in total. The van der Waals surface area contributed by atoms with Crippen molar-refractivity contribution >= 4 is 0 Å². The Hall–Kier alpha value is -0.120. The highest BCUT2D eigenvalue weighted by molar-refractivity contribution is 4.65. The Balaban J connectivity index is 3.46. The topological polar surface area (TPSA) is 24.5 Å². The van der Waals surface area contributed by atoms with E-state index in [4.69, 9.17) is 4.74 Å². The van der Waals surface area contributed by atoms with Gasteiger partial charge in [0.2, 0.25) is 0 Å². The summed E-state index contributed by atoms with van der Waals surface area (Å²) in [5.74, 6) is 0. The van der Waals surface area contributed by atoms with Gasteiger partial charge in [0, 0.05) is 19.1 Å². The molecule has 3 heteroatoms. The van der Waals surface area contributed by atoms with Crippen molar-refractivity contribution in [1.29, 1.82) is 0 Å². The maximum absolute atomic E-state index is 5.51. The van der Waals surface area contributed by atoms with Gasteiger partial charge in [0.15, 0.2) is 0 Å². The Morgan fingerprint density at radius 1 is 1.29 bits per heavy atom. The molecule has 0 aromatic rings. The van der Waals surface area contributed by atoms with Crippen molar-refractivity contribution in [2.75, 3.05) is 33.3 Å². The first kappa shape index (κ1) is 13.9. The van der Waals surface area contributed by atoms with Crippen molar-refractivity contribution in [3.05, 3.63) is 0 Å². The minimum absolute atomic E-state index is 0.340. The predicted molar refractivity (Wildman–Crippen MR) is 61.7 cm³/mol. The summed E-state index contributed by atoms with van der Waals surface area (Å²) in [4.78, 5) is 2.32. The molecular formula is C11H26N2O. The molecule has 14 heavy (non-hydrogen) atoms. The van der Waals surface area contributed by atoms with E-state index in [1.54, 1.807) is 0 Å². The second-order valence-corrected chi connectivity index (χ2v) is 4.06. The van der Waals surface area contributed by atoms with E-state index in [9.17, 15) is 0 Å². The van der Waals surface area contributed by atoms with Crippen LogP contribution in [0.5, 0.6) is 0 Å². The van der Waals surface area contributed by atoms with Crippen LogP contribution in [0.15, 0.2) is 0 Å². The first-order chi connectivity index (χ1) is 6.57. The zero-order valence-electron chi connectivity index (χ0n) is 10.3. The standard InChI is InChI=1S/C11H26N2O/c1-6-12-9-11(4)13(5)7-8-14-10(2)3/h10-12H,6-9H2,1-5H3. The van der Waals surface area contributed by atoms with Gasteiger partial charge in [-0.1, -0.05) is 6.92 Å². The van der Waals surface area contributed by atoms with Crippen LogP contribution in [-0.4, -0.2) is 50.3 Å². The minimum atomic E-state index is 0.340. The van der Waals surface area contributed by atoms with Crippen LogP contribution in [0.3, 0.4) is 0 Å². The van der Waals surface area contributed by atoms with E-state index in [1.807, 2.05) is 0 Å². The highest BCUT2D eigenvalue weighted by Crippen LogP contribution is 1.95. The highest BCUT2D eigenvalue weighted by Gasteiger charge is 2.07. The molecule has 1 atom stereocenters. The van der Waals surface area contributed by atoms with Crippen LogP contribution >= 0.6 is 0 Å². The molecule has 0 rings (SSSR count). The monoisotopic (exact) mass is 202 g/mol. The Bertz CT molecular complexity index is 128. The minimum Gasteiger partial charge on any atom is -0.377 e. The second kappa shape index (κ2) is 8.21. The molecule has 0 bridgehead atoms. The molecule has 0 aromatic carbocycles. The van der Waals surface area contributed by atoms with Crippen LogP contribution in [0.4, 0.5) is 0 Å². The third-order valence-corrected chi connectivity index (χ3v) is 2.34. The fourth-order valence-corrected chi connectivity index (χ4v) is 1.16. The molecule has 0 aliphatic heterocycles. The lowest BCUT2D eigenvalue weighted by Crippen LogP contribution is -2.39. The molecule has 0 aliphatic rings. The van der Waals surface area contributed by atoms with Crippen LogP contribution in [0, 0.1) is 0 Å². The zero-order valence-corrected chi connectivity index (χ0v) is 10.3. The van der Waals surface area contributed by atoms with Crippen molar-refractivity contribution in [2.24, 2.45) is 0 Å². The van der Waals surface area contributed by atoms with Crippen LogP contribution in [-0.2, 0) is 4.74 Å². The normalized spacial score (nSPS) is 13.9. The van der Waals surface area contributed by atoms with Gasteiger partial charge in [-0.15, -0.1) is 0 Å². The van der Waals surface area contributed by atoms with Gasteiger partial charge in [0.25, 0.3) is 0 Å². The molecule has 0 fully saturated rings. The molecule has 0 saturated heterocycles. The molecule has 86 valence electrons. The number of nitrogens with zero attached hydrogens (tertiary/aromatic N) is 1. The molecule has 0 radical (unpaired) electrons. The summed E-state index contributed by atoms with van der Waals surface area (Å²) in [6, 6.07) is 0.575. The fraction of sp³-hybridized carbons (Fsp3) is 1.00. The maximum Gasteiger partial charge on any atom is 0.0596 e. The van der Waals surface area contributed by atoms with Gasteiger partial charge >= 0.3 is 0 Å². The summed E-state index contributed by atoms with van der Waals surface area (Å²) in [6.45, 7) is 12.4. The zero-order chi connectivity index (χ0) is 11.0. The Kier molecular flexibility index (Phi) is 8.14. The van der Waals surface area contributed by atoms with E-state index in [0.717, 1.165) is 26.2 Å². The second-order valence-electron chi connectivity index (χ2n) is 4.06. The lowest BCUT2D eigenvalue weighted by atomic mass is 10.3. The van der Waals surface area contributed by atoms with Crippen molar-refractivity contribution in [1.82, 2.24) is 10.2 Å². The maximum atomic E-state index is 5.51. The molecular weight excluding hydrogens is 176 g/mol. The Labute approximate surface area is 88.8 Å². The summed E-state index contributed by atoms with van der Waals surface area (Å²) in [6.07, 6.45) is 0.340. The molecule has 0 aliphatic carbocycles. The lowest BCUT2D eigenvalue weighted by molar-refractivity contribution is 0.0574. The molecule has 0 heterocycles. The Morgan fingerprint density at radius 3 is 2.43 bits per heavy atom. The molecule has 1 unspecified atom stereocenters. The largest absolute Gasteiger partial charge is 0.377 e. The van der Waals surface area contributed by atoms with Gasteiger partial charge in [-0.05, 0) is 34.4 Å². The number of hydrogen-bond acceptors (Lipinski definition) is 3. The van der Waals surface area contributed by atoms with Crippen molar-refractivity contribution in [2.45, 2.75) is 39.8 Å². The van der Waals surface area contributed by atoms with Gasteiger partial charge in [0.1, 0.15) is 0 Å².